The van der Waals surface area contributed by atoms with E-state index in [2.05, 4.69) is 0 Å². The number of hydrogen-bond donors (Lipinski definition) is 0. The third-order valence-corrected chi connectivity index (χ3v) is 4.94. The molecular weight excluding hydrogens is 325 g/mol. The summed E-state index contributed by atoms with van der Waals surface area (Å²) in [5.74, 6) is -2.28. The quantitative estimate of drug-likeness (QED) is 0.658. The van der Waals surface area contributed by atoms with Gasteiger partial charge in [-0.25, -0.2) is 13.2 Å². The van der Waals surface area contributed by atoms with Crippen LogP contribution < -0.4 is 0 Å². The fourth-order valence-corrected chi connectivity index (χ4v) is 3.42. The molecule has 1 nitrogen and oxygen atoms in total. The number of aryl methyl sites for hydroxylation is 1. The first-order chi connectivity index (χ1) is 12.0. The molecule has 1 heterocycles. The largest absolute Gasteiger partial charge is 0.378 e. The molecule has 4 heteroatoms. The predicted molar refractivity (Wildman–Crippen MR) is 93.1 cm³/mol. The first kappa shape index (κ1) is 18.0. The number of hydrogen-bond acceptors (Lipinski definition) is 1. The molecule has 3 rings (SSSR count). The lowest BCUT2D eigenvalue weighted by molar-refractivity contribution is 0.0147. The van der Waals surface area contributed by atoms with Crippen LogP contribution in [0.5, 0.6) is 0 Å². The second-order valence-electron chi connectivity index (χ2n) is 6.80. The van der Waals surface area contributed by atoms with Crippen LogP contribution in [0.15, 0.2) is 30.3 Å². The van der Waals surface area contributed by atoms with Crippen LogP contribution in [-0.4, -0.2) is 12.7 Å². The van der Waals surface area contributed by atoms with Crippen LogP contribution in [0.25, 0.3) is 11.1 Å². The van der Waals surface area contributed by atoms with E-state index in [-0.39, 0.29) is 23.4 Å². The summed E-state index contributed by atoms with van der Waals surface area (Å²) >= 11 is 0. The van der Waals surface area contributed by atoms with Gasteiger partial charge in [-0.3, -0.25) is 0 Å². The zero-order valence-electron chi connectivity index (χ0n) is 14.6. The zero-order valence-corrected chi connectivity index (χ0v) is 14.6. The molecule has 25 heavy (non-hydrogen) atoms. The van der Waals surface area contributed by atoms with E-state index in [0.717, 1.165) is 19.3 Å². The predicted octanol–water partition coefficient (Wildman–Crippen LogP) is 6.01. The van der Waals surface area contributed by atoms with Crippen LogP contribution in [0.1, 0.15) is 50.2 Å². The van der Waals surface area contributed by atoms with Gasteiger partial charge in [0.05, 0.1) is 12.7 Å². The van der Waals surface area contributed by atoms with Gasteiger partial charge in [-0.2, -0.15) is 0 Å². The SMILES string of the molecule is CCCc1ccc(-c2ccc(C3CCC(C)OC3)c(F)c2F)cc1F. The Morgan fingerprint density at radius 1 is 1.04 bits per heavy atom. The van der Waals surface area contributed by atoms with Gasteiger partial charge in [-0.1, -0.05) is 37.6 Å². The van der Waals surface area contributed by atoms with Crippen molar-refractivity contribution in [2.45, 2.75) is 51.6 Å². The van der Waals surface area contributed by atoms with Gasteiger partial charge in [-0.05, 0) is 48.9 Å². The fourth-order valence-electron chi connectivity index (χ4n) is 3.42. The lowest BCUT2D eigenvalue weighted by Crippen LogP contribution is -2.23. The Bertz CT molecular complexity index is 749. The summed E-state index contributed by atoms with van der Waals surface area (Å²) in [6.45, 7) is 4.35. The molecule has 1 saturated heterocycles. The minimum atomic E-state index is -0.918. The molecule has 0 saturated carbocycles. The van der Waals surface area contributed by atoms with Crippen molar-refractivity contribution in [3.05, 3.63) is 58.9 Å². The summed E-state index contributed by atoms with van der Waals surface area (Å²) in [7, 11) is 0. The van der Waals surface area contributed by atoms with Crippen molar-refractivity contribution in [1.82, 2.24) is 0 Å². The second kappa shape index (κ2) is 7.61. The van der Waals surface area contributed by atoms with Gasteiger partial charge < -0.3 is 4.74 Å². The zero-order chi connectivity index (χ0) is 18.0. The molecule has 134 valence electrons. The molecule has 1 aliphatic rings. The van der Waals surface area contributed by atoms with Crippen molar-refractivity contribution >= 4 is 0 Å². The molecule has 0 N–H and O–H groups in total. The molecule has 0 bridgehead atoms. The Balaban J connectivity index is 1.91. The summed E-state index contributed by atoms with van der Waals surface area (Å²) in [6.07, 6.45) is 3.22. The highest BCUT2D eigenvalue weighted by atomic mass is 19.2. The van der Waals surface area contributed by atoms with Gasteiger partial charge in [0.1, 0.15) is 5.82 Å². The summed E-state index contributed by atoms with van der Waals surface area (Å²) < 4.78 is 48.9. The molecule has 0 aromatic heterocycles. The maximum absolute atomic E-state index is 14.6. The van der Waals surface area contributed by atoms with Crippen LogP contribution in [0.4, 0.5) is 13.2 Å². The van der Waals surface area contributed by atoms with Crippen LogP contribution in [0, 0.1) is 17.5 Å². The highest BCUT2D eigenvalue weighted by Crippen LogP contribution is 2.34. The lowest BCUT2D eigenvalue weighted by atomic mass is 9.89. The third kappa shape index (κ3) is 3.74. The standard InChI is InChI=1S/C21H23F3O/c1-3-4-14-7-8-15(11-19(14)22)17-9-10-18(21(24)20(17)23)16-6-5-13(2)25-12-16/h7-11,13,16H,3-6,12H2,1-2H3. The van der Waals surface area contributed by atoms with Crippen molar-refractivity contribution < 1.29 is 17.9 Å². The van der Waals surface area contributed by atoms with Gasteiger partial charge in [0.25, 0.3) is 0 Å². The van der Waals surface area contributed by atoms with Crippen molar-refractivity contribution in [3.63, 3.8) is 0 Å². The van der Waals surface area contributed by atoms with E-state index >= 15 is 0 Å². The first-order valence-electron chi connectivity index (χ1n) is 8.89. The van der Waals surface area contributed by atoms with Gasteiger partial charge in [0.15, 0.2) is 11.6 Å². The molecule has 2 aromatic rings. The molecule has 0 aliphatic carbocycles. The van der Waals surface area contributed by atoms with Crippen molar-refractivity contribution in [2.75, 3.05) is 6.61 Å². The summed E-state index contributed by atoms with van der Waals surface area (Å²) in [5.41, 5.74) is 1.38. The first-order valence-corrected chi connectivity index (χ1v) is 8.89. The number of halogens is 3. The van der Waals surface area contributed by atoms with Gasteiger partial charge in [0.2, 0.25) is 0 Å². The minimum absolute atomic E-state index is 0.0910. The normalized spacial score (nSPS) is 20.7. The van der Waals surface area contributed by atoms with Gasteiger partial charge >= 0.3 is 0 Å². The Hall–Kier alpha value is -1.81. The fraction of sp³-hybridized carbons (Fsp3) is 0.429. The highest BCUT2D eigenvalue weighted by Gasteiger charge is 2.25. The summed E-state index contributed by atoms with van der Waals surface area (Å²) in [6, 6.07) is 7.73. The van der Waals surface area contributed by atoms with E-state index in [0.29, 0.717) is 29.7 Å². The smallest absolute Gasteiger partial charge is 0.166 e. The second-order valence-corrected chi connectivity index (χ2v) is 6.80. The Morgan fingerprint density at radius 3 is 2.48 bits per heavy atom. The molecule has 1 aliphatic heterocycles. The number of rotatable bonds is 4. The van der Waals surface area contributed by atoms with E-state index in [4.69, 9.17) is 4.74 Å². The molecule has 1 fully saturated rings. The van der Waals surface area contributed by atoms with E-state index in [1.807, 2.05) is 13.8 Å². The molecule has 0 spiro atoms. The Morgan fingerprint density at radius 2 is 1.84 bits per heavy atom. The monoisotopic (exact) mass is 348 g/mol. The molecular formula is C21H23F3O. The molecule has 2 aromatic carbocycles. The maximum atomic E-state index is 14.6. The highest BCUT2D eigenvalue weighted by molar-refractivity contribution is 5.65. The van der Waals surface area contributed by atoms with Crippen LogP contribution >= 0.6 is 0 Å². The maximum Gasteiger partial charge on any atom is 0.166 e. The molecule has 0 amide bonds. The van der Waals surface area contributed by atoms with E-state index in [1.54, 1.807) is 24.3 Å². The number of benzene rings is 2. The minimum Gasteiger partial charge on any atom is -0.378 e. The van der Waals surface area contributed by atoms with E-state index in [1.165, 1.54) is 6.07 Å². The van der Waals surface area contributed by atoms with Gasteiger partial charge in [-0.15, -0.1) is 0 Å². The molecule has 2 unspecified atom stereocenters. The van der Waals surface area contributed by atoms with Crippen molar-refractivity contribution in [3.8, 4) is 11.1 Å². The summed E-state index contributed by atoms with van der Waals surface area (Å²) in [4.78, 5) is 0. The van der Waals surface area contributed by atoms with Gasteiger partial charge in [0, 0.05) is 11.5 Å². The van der Waals surface area contributed by atoms with Crippen molar-refractivity contribution in [2.24, 2.45) is 0 Å². The van der Waals surface area contributed by atoms with Crippen LogP contribution in [0.2, 0.25) is 0 Å². The topological polar surface area (TPSA) is 9.23 Å². The Kier molecular flexibility index (Phi) is 5.48. The average molecular weight is 348 g/mol. The third-order valence-electron chi connectivity index (χ3n) is 4.94. The molecule has 2 atom stereocenters. The lowest BCUT2D eigenvalue weighted by Gasteiger charge is -2.27. The van der Waals surface area contributed by atoms with E-state index < -0.39 is 11.6 Å². The number of ether oxygens (including phenoxy) is 1. The van der Waals surface area contributed by atoms with Crippen LogP contribution in [0.3, 0.4) is 0 Å². The van der Waals surface area contributed by atoms with E-state index in [9.17, 15) is 13.2 Å². The molecule has 0 radical (unpaired) electrons. The Labute approximate surface area is 146 Å². The summed E-state index contributed by atoms with van der Waals surface area (Å²) in [5, 5.41) is 0. The average Bonchev–Trinajstić information content (AvgIpc) is 2.60. The van der Waals surface area contributed by atoms with Crippen molar-refractivity contribution in [1.29, 1.82) is 0 Å². The van der Waals surface area contributed by atoms with Crippen LogP contribution in [-0.2, 0) is 11.2 Å².